The first kappa shape index (κ1) is 21.8. The Hall–Kier alpha value is -2.48. The highest BCUT2D eigenvalue weighted by Crippen LogP contribution is 2.30. The van der Waals surface area contributed by atoms with Gasteiger partial charge in [-0.05, 0) is 17.7 Å². The zero-order chi connectivity index (χ0) is 20.9. The predicted octanol–water partition coefficient (Wildman–Crippen LogP) is 2.35. The Balaban J connectivity index is 2.00. The molecule has 1 heterocycles. The average molecular weight is 407 g/mol. The smallest absolute Gasteiger partial charge is 0.240 e. The summed E-state index contributed by atoms with van der Waals surface area (Å²) in [6.45, 7) is 5.60. The van der Waals surface area contributed by atoms with Gasteiger partial charge in [-0.1, -0.05) is 38.6 Å². The Kier molecular flexibility index (Phi) is 7.12. The number of methoxy groups -OCH3 is 2. The summed E-state index contributed by atoms with van der Waals surface area (Å²) in [7, 11) is 3.10. The number of allylic oxidation sites excluding steroid dienone is 1. The van der Waals surface area contributed by atoms with E-state index < -0.39 is 5.41 Å². The molecule has 1 aliphatic heterocycles. The first-order valence-electron chi connectivity index (χ1n) is 8.82. The minimum absolute atomic E-state index is 0.0829. The van der Waals surface area contributed by atoms with Crippen LogP contribution in [-0.4, -0.2) is 49.0 Å². The molecule has 2 amide bonds. The molecule has 1 aliphatic rings. The van der Waals surface area contributed by atoms with Gasteiger partial charge in [-0.3, -0.25) is 19.3 Å². The predicted molar refractivity (Wildman–Crippen MR) is 108 cm³/mol. The van der Waals surface area contributed by atoms with Crippen molar-refractivity contribution in [2.75, 3.05) is 26.5 Å². The van der Waals surface area contributed by atoms with Crippen LogP contribution in [0.4, 0.5) is 0 Å². The molecular formula is C20H26N2O5S. The minimum atomic E-state index is -0.541. The first-order valence-corrected chi connectivity index (χ1v) is 9.81. The van der Waals surface area contributed by atoms with Gasteiger partial charge >= 0.3 is 0 Å². The zero-order valence-corrected chi connectivity index (χ0v) is 17.6. The fourth-order valence-electron chi connectivity index (χ4n) is 2.42. The van der Waals surface area contributed by atoms with Crippen LogP contribution in [0.25, 0.3) is 0 Å². The second-order valence-electron chi connectivity index (χ2n) is 7.33. The third-order valence-electron chi connectivity index (χ3n) is 4.14. The second-order valence-corrected chi connectivity index (χ2v) is 8.33. The van der Waals surface area contributed by atoms with Gasteiger partial charge in [-0.25, -0.2) is 0 Å². The summed E-state index contributed by atoms with van der Waals surface area (Å²) in [5, 5.41) is 3.31. The highest BCUT2D eigenvalue weighted by atomic mass is 32.2. The van der Waals surface area contributed by atoms with E-state index in [2.05, 4.69) is 5.32 Å². The molecule has 1 aromatic rings. The Morgan fingerprint density at radius 1 is 1.21 bits per heavy atom. The number of benzene rings is 1. The van der Waals surface area contributed by atoms with Gasteiger partial charge in [0.2, 0.25) is 11.8 Å². The first-order chi connectivity index (χ1) is 13.2. The van der Waals surface area contributed by atoms with Crippen molar-refractivity contribution in [3.63, 3.8) is 0 Å². The van der Waals surface area contributed by atoms with Crippen LogP contribution in [0, 0.1) is 5.41 Å². The molecule has 7 nitrogen and oxygen atoms in total. The SMILES string of the molecule is COc1ccc(CNC(=O)CN2C(=O)CS/C2=C\C(=O)C(C)(C)C)cc1OC. The van der Waals surface area contributed by atoms with E-state index in [4.69, 9.17) is 9.47 Å². The van der Waals surface area contributed by atoms with Crippen LogP contribution in [0.1, 0.15) is 26.3 Å². The number of carbonyl (C=O) groups excluding carboxylic acids is 3. The number of thioether (sulfide) groups is 1. The Morgan fingerprint density at radius 3 is 2.50 bits per heavy atom. The summed E-state index contributed by atoms with van der Waals surface area (Å²) in [5.41, 5.74) is 0.299. The fourth-order valence-corrected chi connectivity index (χ4v) is 3.36. The van der Waals surface area contributed by atoms with Gasteiger partial charge in [0.15, 0.2) is 17.3 Å². The van der Waals surface area contributed by atoms with E-state index in [1.807, 2.05) is 26.8 Å². The van der Waals surface area contributed by atoms with E-state index in [1.165, 1.54) is 22.7 Å². The van der Waals surface area contributed by atoms with Crippen LogP contribution in [0.3, 0.4) is 0 Å². The molecular weight excluding hydrogens is 380 g/mol. The lowest BCUT2D eigenvalue weighted by Gasteiger charge is -2.19. The van der Waals surface area contributed by atoms with Gasteiger partial charge in [-0.2, -0.15) is 0 Å². The normalized spacial score (nSPS) is 15.7. The largest absolute Gasteiger partial charge is 0.493 e. The van der Waals surface area contributed by atoms with Crippen LogP contribution >= 0.6 is 11.8 Å². The number of amides is 2. The van der Waals surface area contributed by atoms with Gasteiger partial charge in [0.05, 0.1) is 25.0 Å². The molecule has 2 rings (SSSR count). The summed E-state index contributed by atoms with van der Waals surface area (Å²) in [6, 6.07) is 5.37. The summed E-state index contributed by atoms with van der Waals surface area (Å²) < 4.78 is 10.4. The third-order valence-corrected chi connectivity index (χ3v) is 5.17. The van der Waals surface area contributed by atoms with Crippen molar-refractivity contribution >= 4 is 29.4 Å². The highest BCUT2D eigenvalue weighted by molar-refractivity contribution is 8.04. The summed E-state index contributed by atoms with van der Waals surface area (Å²) >= 11 is 1.27. The standard InChI is InChI=1S/C20H26N2O5S/c1-20(2,3)16(23)9-19-22(18(25)12-28-19)11-17(24)21-10-13-6-7-14(26-4)15(8-13)27-5/h6-9H,10-12H2,1-5H3,(H,21,24)/b19-9-. The average Bonchev–Trinajstić information content (AvgIpc) is 2.98. The number of ether oxygens (including phenoxy) is 2. The quantitative estimate of drug-likeness (QED) is 0.700. The number of nitrogens with zero attached hydrogens (tertiary/aromatic N) is 1. The lowest BCUT2D eigenvalue weighted by Crippen LogP contribution is -2.37. The van der Waals surface area contributed by atoms with Crippen LogP contribution < -0.4 is 14.8 Å². The van der Waals surface area contributed by atoms with Crippen molar-refractivity contribution in [2.45, 2.75) is 27.3 Å². The molecule has 0 aromatic heterocycles. The van der Waals surface area contributed by atoms with E-state index >= 15 is 0 Å². The molecule has 0 radical (unpaired) electrons. The van der Waals surface area contributed by atoms with Gasteiger partial charge in [0, 0.05) is 18.0 Å². The molecule has 1 aromatic carbocycles. The van der Waals surface area contributed by atoms with Gasteiger partial charge in [0.1, 0.15) is 6.54 Å². The maximum atomic E-state index is 12.3. The number of carbonyl (C=O) groups is 3. The highest BCUT2D eigenvalue weighted by Gasteiger charge is 2.30. The molecule has 28 heavy (non-hydrogen) atoms. The summed E-state index contributed by atoms with van der Waals surface area (Å²) in [4.78, 5) is 38.1. The molecule has 1 fully saturated rings. The molecule has 1 saturated heterocycles. The van der Waals surface area contributed by atoms with Crippen molar-refractivity contribution in [1.29, 1.82) is 0 Å². The summed E-state index contributed by atoms with van der Waals surface area (Å²) in [5.74, 6) is 0.841. The van der Waals surface area contributed by atoms with Crippen molar-refractivity contribution in [3.8, 4) is 11.5 Å². The van der Waals surface area contributed by atoms with Crippen LogP contribution in [0.2, 0.25) is 0 Å². The number of rotatable bonds is 7. The molecule has 0 aliphatic carbocycles. The molecule has 0 atom stereocenters. The monoisotopic (exact) mass is 406 g/mol. The molecule has 0 saturated carbocycles. The van der Waals surface area contributed by atoms with Crippen LogP contribution in [0.5, 0.6) is 11.5 Å². The molecule has 152 valence electrons. The van der Waals surface area contributed by atoms with Crippen LogP contribution in [0.15, 0.2) is 29.3 Å². The molecule has 8 heteroatoms. The minimum Gasteiger partial charge on any atom is -0.493 e. The van der Waals surface area contributed by atoms with Crippen molar-refractivity contribution in [3.05, 3.63) is 34.9 Å². The van der Waals surface area contributed by atoms with Crippen LogP contribution in [-0.2, 0) is 20.9 Å². The second kappa shape index (κ2) is 9.14. The van der Waals surface area contributed by atoms with Crippen molar-refractivity contribution in [1.82, 2.24) is 10.2 Å². The topological polar surface area (TPSA) is 84.9 Å². The van der Waals surface area contributed by atoms with E-state index in [-0.39, 0.29) is 36.4 Å². The van der Waals surface area contributed by atoms with Crippen molar-refractivity contribution in [2.24, 2.45) is 5.41 Å². The van der Waals surface area contributed by atoms with Gasteiger partial charge in [-0.15, -0.1) is 0 Å². The van der Waals surface area contributed by atoms with E-state index in [9.17, 15) is 14.4 Å². The molecule has 0 unspecified atom stereocenters. The number of ketones is 1. The number of nitrogens with one attached hydrogen (secondary N) is 1. The lowest BCUT2D eigenvalue weighted by molar-refractivity contribution is -0.131. The lowest BCUT2D eigenvalue weighted by atomic mass is 9.91. The maximum Gasteiger partial charge on any atom is 0.240 e. The van der Waals surface area contributed by atoms with Crippen molar-refractivity contribution < 1.29 is 23.9 Å². The molecule has 1 N–H and O–H groups in total. The van der Waals surface area contributed by atoms with E-state index in [0.29, 0.717) is 16.5 Å². The molecule has 0 bridgehead atoms. The Morgan fingerprint density at radius 2 is 1.89 bits per heavy atom. The number of hydrogen-bond donors (Lipinski definition) is 1. The Labute approximate surface area is 169 Å². The van der Waals surface area contributed by atoms with E-state index in [0.717, 1.165) is 5.56 Å². The zero-order valence-electron chi connectivity index (χ0n) is 16.8. The maximum absolute atomic E-state index is 12.3. The summed E-state index contributed by atoms with van der Waals surface area (Å²) in [6.07, 6.45) is 1.46. The fraction of sp³-hybridized carbons (Fsp3) is 0.450. The van der Waals surface area contributed by atoms with Gasteiger partial charge in [0.25, 0.3) is 0 Å². The number of hydrogen-bond acceptors (Lipinski definition) is 6. The third kappa shape index (κ3) is 5.51. The molecule has 0 spiro atoms. The van der Waals surface area contributed by atoms with Gasteiger partial charge < -0.3 is 14.8 Å². The Bertz CT molecular complexity index is 798. The van der Waals surface area contributed by atoms with E-state index in [1.54, 1.807) is 26.4 Å².